The van der Waals surface area contributed by atoms with Crippen molar-refractivity contribution in [2.24, 2.45) is 0 Å². The number of quaternary nitrogens is 1. The van der Waals surface area contributed by atoms with Crippen molar-refractivity contribution >= 4 is 17.9 Å². The van der Waals surface area contributed by atoms with E-state index in [2.05, 4.69) is 74.6 Å². The van der Waals surface area contributed by atoms with Crippen LogP contribution in [0.1, 0.15) is 181 Å². The number of carboxylic acid groups (broad SMARTS) is 1. The first kappa shape index (κ1) is 55.8. The highest BCUT2D eigenvalue weighted by atomic mass is 16.6. The van der Waals surface area contributed by atoms with E-state index in [1.54, 1.807) is 21.1 Å². The first-order valence-electron chi connectivity index (χ1n) is 23.5. The second-order valence-corrected chi connectivity index (χ2v) is 16.7. The first-order chi connectivity index (χ1) is 28.6. The van der Waals surface area contributed by atoms with Gasteiger partial charge in [0.2, 0.25) is 0 Å². The molecule has 0 bridgehead atoms. The monoisotopic (exact) mass is 826 g/mol. The predicted molar refractivity (Wildman–Crippen MR) is 245 cm³/mol. The Morgan fingerprint density at radius 2 is 1.02 bits per heavy atom. The van der Waals surface area contributed by atoms with Gasteiger partial charge in [0, 0.05) is 19.3 Å². The van der Waals surface area contributed by atoms with Gasteiger partial charge in [-0.05, 0) is 70.6 Å². The number of aliphatic carboxylic acids is 1. The molecular formula is C51H87NO7. The van der Waals surface area contributed by atoms with Crippen LogP contribution in [0.4, 0.5) is 0 Å². The van der Waals surface area contributed by atoms with Crippen molar-refractivity contribution < 1.29 is 38.2 Å². The number of hydrogen-bond acceptors (Lipinski definition) is 7. The molecule has 0 aromatic rings. The fourth-order valence-electron chi connectivity index (χ4n) is 6.49. The lowest BCUT2D eigenvalue weighted by Crippen LogP contribution is -2.55. The van der Waals surface area contributed by atoms with Gasteiger partial charge < -0.3 is 28.6 Å². The van der Waals surface area contributed by atoms with Crippen LogP contribution in [-0.2, 0) is 28.6 Å². The third-order valence-electron chi connectivity index (χ3n) is 10.1. The summed E-state index contributed by atoms with van der Waals surface area (Å²) >= 11 is 0. The van der Waals surface area contributed by atoms with E-state index < -0.39 is 18.1 Å². The van der Waals surface area contributed by atoms with Crippen molar-refractivity contribution in [3.05, 3.63) is 72.9 Å². The summed E-state index contributed by atoms with van der Waals surface area (Å²) in [6.07, 6.45) is 52.1. The third-order valence-corrected chi connectivity index (χ3v) is 10.1. The van der Waals surface area contributed by atoms with Gasteiger partial charge in [-0.1, -0.05) is 164 Å². The molecule has 0 aromatic heterocycles. The molecule has 8 heteroatoms. The second kappa shape index (κ2) is 41.5. The fourth-order valence-corrected chi connectivity index (χ4v) is 6.49. The summed E-state index contributed by atoms with van der Waals surface area (Å²) in [6, 6.07) is -0.733. The predicted octanol–water partition coefficient (Wildman–Crippen LogP) is 11.8. The van der Waals surface area contributed by atoms with Crippen molar-refractivity contribution in [2.75, 3.05) is 41.0 Å². The molecule has 0 N–H and O–H groups in total. The van der Waals surface area contributed by atoms with E-state index in [0.29, 0.717) is 12.8 Å². The number of ether oxygens (including phenoxy) is 3. The molecule has 0 spiro atoms. The number of hydrogen-bond donors (Lipinski definition) is 0. The van der Waals surface area contributed by atoms with Crippen LogP contribution in [-0.4, -0.2) is 75.5 Å². The van der Waals surface area contributed by atoms with Crippen LogP contribution in [0.2, 0.25) is 0 Å². The Kier molecular flexibility index (Phi) is 39.2. The van der Waals surface area contributed by atoms with E-state index in [1.165, 1.54) is 64.2 Å². The number of unbranched alkanes of at least 4 members (excludes halogenated alkanes) is 17. The molecule has 0 heterocycles. The Balaban J connectivity index is 4.28. The topological polar surface area (TPSA) is 102 Å². The molecular weight excluding hydrogens is 739 g/mol. The normalized spacial score (nSPS) is 13.6. The summed E-state index contributed by atoms with van der Waals surface area (Å²) < 4.78 is 17.2. The van der Waals surface area contributed by atoms with E-state index in [0.717, 1.165) is 83.5 Å². The lowest BCUT2D eigenvalue weighted by Gasteiger charge is -2.34. The largest absolute Gasteiger partial charge is 0.544 e. The lowest BCUT2D eigenvalue weighted by atomic mass is 10.1. The summed E-state index contributed by atoms with van der Waals surface area (Å²) in [7, 11) is 5.39. The molecule has 338 valence electrons. The lowest BCUT2D eigenvalue weighted by molar-refractivity contribution is -0.889. The number of allylic oxidation sites excluding steroid dienone is 12. The Labute approximate surface area is 361 Å². The highest BCUT2D eigenvalue weighted by Gasteiger charge is 2.25. The maximum atomic E-state index is 12.7. The highest BCUT2D eigenvalue weighted by molar-refractivity contribution is 5.70. The zero-order valence-corrected chi connectivity index (χ0v) is 38.4. The van der Waals surface area contributed by atoms with E-state index >= 15 is 0 Å². The Hall–Kier alpha value is -3.23. The van der Waals surface area contributed by atoms with Crippen LogP contribution in [0.3, 0.4) is 0 Å². The smallest absolute Gasteiger partial charge is 0.306 e. The molecule has 0 aromatic carbocycles. The third kappa shape index (κ3) is 40.0. The Morgan fingerprint density at radius 1 is 0.542 bits per heavy atom. The zero-order valence-electron chi connectivity index (χ0n) is 38.4. The summed E-state index contributed by atoms with van der Waals surface area (Å²) in [6.45, 7) is 4.47. The van der Waals surface area contributed by atoms with Crippen molar-refractivity contribution in [3.63, 3.8) is 0 Å². The number of carbonyl (C=O) groups excluding carboxylic acids is 3. The van der Waals surface area contributed by atoms with Crippen LogP contribution in [0.5, 0.6) is 0 Å². The fraction of sp³-hybridized carbons (Fsp3) is 0.706. The Bertz CT molecular complexity index is 1190. The van der Waals surface area contributed by atoms with Gasteiger partial charge in [-0.3, -0.25) is 9.59 Å². The zero-order chi connectivity index (χ0) is 43.5. The molecule has 8 nitrogen and oxygen atoms in total. The minimum absolute atomic E-state index is 0.0272. The van der Waals surface area contributed by atoms with Gasteiger partial charge in [0.25, 0.3) is 0 Å². The molecule has 0 radical (unpaired) electrons. The summed E-state index contributed by atoms with van der Waals surface area (Å²) in [4.78, 5) is 36.9. The van der Waals surface area contributed by atoms with E-state index in [-0.39, 0.29) is 42.7 Å². The number of rotatable bonds is 41. The van der Waals surface area contributed by atoms with Gasteiger partial charge >= 0.3 is 11.9 Å². The summed E-state index contributed by atoms with van der Waals surface area (Å²) in [5, 5.41) is 11.6. The first-order valence-corrected chi connectivity index (χ1v) is 23.5. The van der Waals surface area contributed by atoms with Gasteiger partial charge in [0.05, 0.1) is 40.3 Å². The van der Waals surface area contributed by atoms with Crippen LogP contribution in [0, 0.1) is 0 Å². The molecule has 0 aliphatic carbocycles. The molecule has 2 atom stereocenters. The maximum absolute atomic E-state index is 12.7. The maximum Gasteiger partial charge on any atom is 0.306 e. The van der Waals surface area contributed by atoms with Gasteiger partial charge in [-0.2, -0.15) is 0 Å². The molecule has 0 aliphatic rings. The molecule has 0 aliphatic heterocycles. The average Bonchev–Trinajstić information content (AvgIpc) is 3.19. The van der Waals surface area contributed by atoms with Crippen LogP contribution in [0.15, 0.2) is 72.9 Å². The Morgan fingerprint density at radius 3 is 1.54 bits per heavy atom. The van der Waals surface area contributed by atoms with Crippen molar-refractivity contribution in [1.29, 1.82) is 0 Å². The van der Waals surface area contributed by atoms with Crippen molar-refractivity contribution in [2.45, 2.75) is 193 Å². The number of esters is 2. The van der Waals surface area contributed by atoms with E-state index in [1.807, 2.05) is 12.2 Å². The minimum Gasteiger partial charge on any atom is -0.544 e. The van der Waals surface area contributed by atoms with Crippen LogP contribution < -0.4 is 5.11 Å². The standard InChI is InChI=1S/C51H87NO7/c1-6-8-10-12-14-16-18-20-21-22-23-24-25-26-27-28-30-31-33-35-37-39-41-49(53)58-46-47(45-57-44-43-48(51(55)56)52(3,4)5)59-50(54)42-40-38-36-34-32-29-19-17-15-13-11-9-7-2/h9,11,13-17,19-21,23-24,47-48H,6-8,10,12,18,22,25-46H2,1-5H3/b11-9+,15-13+,16-14+,19-17+,21-20+,24-23+. The molecule has 0 fully saturated rings. The molecule has 0 saturated heterocycles. The van der Waals surface area contributed by atoms with Crippen LogP contribution >= 0.6 is 0 Å². The number of carboxylic acids is 1. The van der Waals surface area contributed by atoms with E-state index in [9.17, 15) is 19.5 Å². The summed E-state index contributed by atoms with van der Waals surface area (Å²) in [5.41, 5.74) is 0. The molecule has 59 heavy (non-hydrogen) atoms. The highest BCUT2D eigenvalue weighted by Crippen LogP contribution is 2.14. The number of carbonyl (C=O) groups is 3. The number of likely N-dealkylation sites (N-methyl/N-ethyl adjacent to an activating group) is 1. The van der Waals surface area contributed by atoms with Crippen LogP contribution in [0.25, 0.3) is 0 Å². The van der Waals surface area contributed by atoms with Gasteiger partial charge in [-0.15, -0.1) is 0 Å². The second-order valence-electron chi connectivity index (χ2n) is 16.7. The molecule has 0 amide bonds. The van der Waals surface area contributed by atoms with Gasteiger partial charge in [-0.25, -0.2) is 0 Å². The molecule has 0 rings (SSSR count). The minimum atomic E-state index is -1.13. The number of nitrogens with zero attached hydrogens (tertiary/aromatic N) is 1. The van der Waals surface area contributed by atoms with Crippen molar-refractivity contribution in [3.8, 4) is 0 Å². The quantitative estimate of drug-likeness (QED) is 0.0199. The van der Waals surface area contributed by atoms with Crippen molar-refractivity contribution in [1.82, 2.24) is 0 Å². The average molecular weight is 826 g/mol. The molecule has 2 unspecified atom stereocenters. The SMILES string of the molecule is CC/C=C/C=C/C=C/CCCCCCCC(=O)OC(COCCC(C(=O)[O-])[N+](C)(C)C)COC(=O)CCCCCCCCCCC/C=C/C/C=C/C/C=C/CCCCC. The van der Waals surface area contributed by atoms with E-state index in [4.69, 9.17) is 14.2 Å². The van der Waals surface area contributed by atoms with Gasteiger partial charge in [0.15, 0.2) is 6.10 Å². The molecule has 0 saturated carbocycles. The summed E-state index contributed by atoms with van der Waals surface area (Å²) in [5.74, 6) is -1.78. The van der Waals surface area contributed by atoms with Gasteiger partial charge in [0.1, 0.15) is 12.6 Å².